The lowest BCUT2D eigenvalue weighted by Gasteiger charge is -2.11. The van der Waals surface area contributed by atoms with E-state index in [2.05, 4.69) is 38.6 Å². The lowest BCUT2D eigenvalue weighted by Crippen LogP contribution is -2.05. The van der Waals surface area contributed by atoms with Crippen LogP contribution in [0.1, 0.15) is 19.4 Å². The van der Waals surface area contributed by atoms with Gasteiger partial charge in [-0.25, -0.2) is 15.0 Å². The van der Waals surface area contributed by atoms with E-state index in [1.807, 2.05) is 0 Å². The van der Waals surface area contributed by atoms with Crippen LogP contribution in [0.4, 0.5) is 5.82 Å². The number of allylic oxidation sites excluding steroid dienone is 2. The normalized spacial score (nSPS) is 24.3. The molecule has 2 aromatic rings. The number of fused-ring (bicyclic) bond motifs is 1. The van der Waals surface area contributed by atoms with Crippen LogP contribution in [0.5, 0.6) is 0 Å². The monoisotopic (exact) mass is 215 g/mol. The maximum atomic E-state index is 5.75. The molecule has 2 atom stereocenters. The molecule has 2 aromatic heterocycles. The first-order valence-electron chi connectivity index (χ1n) is 5.37. The Morgan fingerprint density at radius 1 is 1.31 bits per heavy atom. The van der Waals surface area contributed by atoms with Crippen LogP contribution in [0.3, 0.4) is 0 Å². The number of nitrogens with zero attached hydrogens (tertiary/aromatic N) is 4. The molecule has 0 amide bonds. The second kappa shape index (κ2) is 3.30. The number of anilines is 1. The maximum Gasteiger partial charge on any atom is 0.165 e. The van der Waals surface area contributed by atoms with Gasteiger partial charge in [-0.05, 0) is 12.3 Å². The third-order valence-electron chi connectivity index (χ3n) is 3.02. The molecule has 0 fully saturated rings. The first-order chi connectivity index (χ1) is 7.75. The summed E-state index contributed by atoms with van der Waals surface area (Å²) in [5, 5.41) is 0. The number of hydrogen-bond donors (Lipinski definition) is 1. The lowest BCUT2D eigenvalue weighted by atomic mass is 10.1. The molecule has 1 aliphatic rings. The average molecular weight is 215 g/mol. The van der Waals surface area contributed by atoms with Crippen molar-refractivity contribution in [2.45, 2.75) is 19.4 Å². The summed E-state index contributed by atoms with van der Waals surface area (Å²) >= 11 is 0. The largest absolute Gasteiger partial charge is 0.382 e. The molecule has 5 nitrogen and oxygen atoms in total. The van der Waals surface area contributed by atoms with Crippen LogP contribution in [0, 0.1) is 5.92 Å². The first-order valence-corrected chi connectivity index (χ1v) is 5.37. The van der Waals surface area contributed by atoms with Gasteiger partial charge in [0.25, 0.3) is 0 Å². The van der Waals surface area contributed by atoms with Gasteiger partial charge in [0.15, 0.2) is 11.5 Å². The quantitative estimate of drug-likeness (QED) is 0.733. The Hall–Kier alpha value is -1.91. The van der Waals surface area contributed by atoms with Crippen molar-refractivity contribution in [2.75, 3.05) is 5.73 Å². The highest BCUT2D eigenvalue weighted by molar-refractivity contribution is 5.81. The van der Waals surface area contributed by atoms with E-state index < -0.39 is 0 Å². The number of hydrogen-bond acceptors (Lipinski definition) is 4. The zero-order valence-electron chi connectivity index (χ0n) is 9.04. The van der Waals surface area contributed by atoms with Gasteiger partial charge < -0.3 is 10.3 Å². The van der Waals surface area contributed by atoms with Crippen molar-refractivity contribution in [3.63, 3.8) is 0 Å². The average Bonchev–Trinajstić information content (AvgIpc) is 2.84. The summed E-state index contributed by atoms with van der Waals surface area (Å²) in [6.45, 7) is 2.21. The van der Waals surface area contributed by atoms with Crippen LogP contribution in [0.25, 0.3) is 11.2 Å². The minimum absolute atomic E-state index is 0.342. The first kappa shape index (κ1) is 9.33. The fraction of sp³-hybridized carbons (Fsp3) is 0.364. The summed E-state index contributed by atoms with van der Waals surface area (Å²) in [5.74, 6) is 1.06. The number of rotatable bonds is 1. The topological polar surface area (TPSA) is 69.6 Å². The van der Waals surface area contributed by atoms with Gasteiger partial charge >= 0.3 is 0 Å². The molecule has 2 N–H and O–H groups in total. The van der Waals surface area contributed by atoms with Crippen molar-refractivity contribution in [1.29, 1.82) is 0 Å². The molecular weight excluding hydrogens is 202 g/mol. The molecule has 2 heterocycles. The van der Waals surface area contributed by atoms with Crippen LogP contribution in [0.2, 0.25) is 0 Å². The highest BCUT2D eigenvalue weighted by Gasteiger charge is 2.19. The molecular formula is C11H13N5. The van der Waals surface area contributed by atoms with E-state index in [0.29, 0.717) is 23.3 Å². The Kier molecular flexibility index (Phi) is 1.92. The maximum absolute atomic E-state index is 5.75. The van der Waals surface area contributed by atoms with E-state index in [0.717, 1.165) is 12.1 Å². The third-order valence-corrected chi connectivity index (χ3v) is 3.02. The Morgan fingerprint density at radius 2 is 2.19 bits per heavy atom. The predicted molar refractivity (Wildman–Crippen MR) is 61.7 cm³/mol. The van der Waals surface area contributed by atoms with Gasteiger partial charge in [0.2, 0.25) is 0 Å². The summed E-state index contributed by atoms with van der Waals surface area (Å²) < 4.78 is 2.06. The van der Waals surface area contributed by atoms with E-state index >= 15 is 0 Å². The smallest absolute Gasteiger partial charge is 0.165 e. The Bertz CT molecular complexity index is 557. The Morgan fingerprint density at radius 3 is 2.94 bits per heavy atom. The number of nitrogen functional groups attached to an aromatic ring is 1. The summed E-state index contributed by atoms with van der Waals surface area (Å²) in [7, 11) is 0. The predicted octanol–water partition coefficient (Wildman–Crippen LogP) is 1.55. The third kappa shape index (κ3) is 1.28. The molecule has 16 heavy (non-hydrogen) atoms. The molecule has 0 saturated heterocycles. The van der Waals surface area contributed by atoms with Crippen LogP contribution < -0.4 is 5.73 Å². The summed E-state index contributed by atoms with van der Waals surface area (Å²) in [4.78, 5) is 12.4. The van der Waals surface area contributed by atoms with E-state index in [1.54, 1.807) is 6.33 Å². The minimum Gasteiger partial charge on any atom is -0.382 e. The van der Waals surface area contributed by atoms with Crippen LogP contribution >= 0.6 is 0 Å². The molecule has 3 rings (SSSR count). The summed E-state index contributed by atoms with van der Waals surface area (Å²) in [5.41, 5.74) is 7.26. The minimum atomic E-state index is 0.342. The highest BCUT2D eigenvalue weighted by Crippen LogP contribution is 2.29. The van der Waals surface area contributed by atoms with Gasteiger partial charge in [0.1, 0.15) is 11.8 Å². The van der Waals surface area contributed by atoms with Gasteiger partial charge in [-0.2, -0.15) is 0 Å². The molecule has 0 radical (unpaired) electrons. The van der Waals surface area contributed by atoms with E-state index in [-0.39, 0.29) is 0 Å². The van der Waals surface area contributed by atoms with Crippen molar-refractivity contribution in [3.05, 3.63) is 24.8 Å². The van der Waals surface area contributed by atoms with Crippen molar-refractivity contribution in [2.24, 2.45) is 5.92 Å². The molecule has 0 aromatic carbocycles. The molecule has 0 bridgehead atoms. The molecule has 82 valence electrons. The number of aromatic nitrogens is 4. The lowest BCUT2D eigenvalue weighted by molar-refractivity contribution is 0.536. The van der Waals surface area contributed by atoms with Gasteiger partial charge in [-0.3, -0.25) is 0 Å². The highest BCUT2D eigenvalue weighted by atomic mass is 15.1. The van der Waals surface area contributed by atoms with E-state index in [9.17, 15) is 0 Å². The standard InChI is InChI=1S/C11H13N5/c1-7-2-3-8(4-7)16-6-15-9-10(12)13-5-14-11(9)16/h2-3,5-8H,4H2,1H3,(H2,12,13,14)/t7-,8+/m1/s1. The molecule has 1 aliphatic carbocycles. The van der Waals surface area contributed by atoms with Gasteiger partial charge in [0, 0.05) is 0 Å². The van der Waals surface area contributed by atoms with Crippen LogP contribution in [-0.2, 0) is 0 Å². The Balaban J connectivity index is 2.12. The van der Waals surface area contributed by atoms with Gasteiger partial charge in [0.05, 0.1) is 12.4 Å². The second-order valence-corrected chi connectivity index (χ2v) is 4.25. The second-order valence-electron chi connectivity index (χ2n) is 4.25. The van der Waals surface area contributed by atoms with E-state index in [1.165, 1.54) is 6.33 Å². The molecule has 0 saturated carbocycles. The molecule has 5 heteroatoms. The number of imidazole rings is 1. The van der Waals surface area contributed by atoms with E-state index in [4.69, 9.17) is 5.73 Å². The Labute approximate surface area is 93.0 Å². The SMILES string of the molecule is C[C@@H]1C=C[C@H](n2cnc3c(N)ncnc32)C1. The summed E-state index contributed by atoms with van der Waals surface area (Å²) in [6, 6.07) is 0.342. The molecule has 0 unspecified atom stereocenters. The fourth-order valence-corrected chi connectivity index (χ4v) is 2.18. The van der Waals surface area contributed by atoms with Crippen molar-refractivity contribution < 1.29 is 0 Å². The van der Waals surface area contributed by atoms with Gasteiger partial charge in [-0.1, -0.05) is 19.1 Å². The number of nitrogens with two attached hydrogens (primary N) is 1. The summed E-state index contributed by atoms with van der Waals surface area (Å²) in [6.07, 6.45) is 8.79. The zero-order chi connectivity index (χ0) is 11.1. The van der Waals surface area contributed by atoms with Crippen molar-refractivity contribution in [1.82, 2.24) is 19.5 Å². The fourth-order valence-electron chi connectivity index (χ4n) is 2.18. The van der Waals surface area contributed by atoms with Gasteiger partial charge in [-0.15, -0.1) is 0 Å². The van der Waals surface area contributed by atoms with Crippen LogP contribution in [0.15, 0.2) is 24.8 Å². The zero-order valence-corrected chi connectivity index (χ0v) is 9.04. The van der Waals surface area contributed by atoms with Crippen LogP contribution in [-0.4, -0.2) is 19.5 Å². The molecule has 0 aliphatic heterocycles. The van der Waals surface area contributed by atoms with Crippen molar-refractivity contribution in [3.8, 4) is 0 Å². The molecule has 0 spiro atoms. The van der Waals surface area contributed by atoms with Crippen molar-refractivity contribution >= 4 is 17.0 Å².